The number of nitriles is 1. The molecule has 0 saturated carbocycles. The fourth-order valence-electron chi connectivity index (χ4n) is 1.84. The predicted molar refractivity (Wildman–Crippen MR) is 90.8 cm³/mol. The lowest BCUT2D eigenvalue weighted by atomic mass is 10.3. The third-order valence-electron chi connectivity index (χ3n) is 2.85. The Hall–Kier alpha value is -1.20. The van der Waals surface area contributed by atoms with Crippen LogP contribution in [0.3, 0.4) is 0 Å². The number of nitrogen functional groups attached to an aromatic ring is 1. The van der Waals surface area contributed by atoms with E-state index in [-0.39, 0.29) is 23.9 Å². The van der Waals surface area contributed by atoms with Gasteiger partial charge < -0.3 is 5.73 Å². The molecule has 0 aliphatic heterocycles. The molecular weight excluding hydrogens is 492 g/mol. The molecule has 0 aliphatic rings. The molecular formula is C11H4Cl3F7N4S2. The number of rotatable bonds is 4. The van der Waals surface area contributed by atoms with Crippen LogP contribution < -0.4 is 5.73 Å². The van der Waals surface area contributed by atoms with Gasteiger partial charge in [0.25, 0.3) is 0 Å². The smallest absolute Gasteiger partial charge is 0.375 e. The zero-order chi connectivity index (χ0) is 21.1. The van der Waals surface area contributed by atoms with Crippen LogP contribution in [0.25, 0.3) is 5.69 Å². The zero-order valence-corrected chi connectivity index (χ0v) is 16.1. The highest BCUT2D eigenvalue weighted by atomic mass is 35.5. The summed E-state index contributed by atoms with van der Waals surface area (Å²) in [5, 5.41) is 10.6. The molecule has 0 radical (unpaired) electrons. The summed E-state index contributed by atoms with van der Waals surface area (Å²) in [6, 6.07) is 1.21. The first-order valence-corrected chi connectivity index (χ1v) is 10.0. The highest BCUT2D eigenvalue weighted by Crippen LogP contribution is 3.02. The summed E-state index contributed by atoms with van der Waals surface area (Å²) in [4.78, 5) is -2.98. The van der Waals surface area contributed by atoms with Crippen molar-refractivity contribution in [3.8, 4) is 11.8 Å². The fraction of sp³-hybridized carbons (Fsp3) is 0.0909. The second-order valence-corrected chi connectivity index (χ2v) is 9.89. The minimum Gasteiger partial charge on any atom is -0.383 e. The maximum Gasteiger partial charge on any atom is 0.375 e. The Balaban J connectivity index is 2.73. The number of anilines is 1. The molecule has 16 heteroatoms. The van der Waals surface area contributed by atoms with Crippen LogP contribution in [-0.2, 0) is 0 Å². The zero-order valence-electron chi connectivity index (χ0n) is 12.2. The van der Waals surface area contributed by atoms with Crippen molar-refractivity contribution < 1.29 is 28.2 Å². The number of hydrogen-bond acceptors (Lipinski definition) is 4. The van der Waals surface area contributed by atoms with Gasteiger partial charge in [-0.1, -0.05) is 42.6 Å². The first-order valence-electron chi connectivity index (χ1n) is 6.12. The van der Waals surface area contributed by atoms with Crippen molar-refractivity contribution in [2.45, 2.75) is 14.5 Å². The molecule has 0 aliphatic carbocycles. The molecule has 1 aromatic heterocycles. The Labute approximate surface area is 165 Å². The van der Waals surface area contributed by atoms with Crippen LogP contribution in [0.15, 0.2) is 21.9 Å². The van der Waals surface area contributed by atoms with Crippen molar-refractivity contribution in [3.63, 3.8) is 0 Å². The van der Waals surface area contributed by atoms with Gasteiger partial charge in [0.1, 0.15) is 22.5 Å². The largest absolute Gasteiger partial charge is 0.383 e. The summed E-state index contributed by atoms with van der Waals surface area (Å²) in [6.07, 6.45) is 0. The van der Waals surface area contributed by atoms with E-state index in [0.29, 0.717) is 4.68 Å². The number of nitrogens with two attached hydrogens (primary N) is 1. The molecule has 0 saturated heterocycles. The molecule has 0 unspecified atom stereocenters. The molecule has 0 fully saturated rings. The molecule has 2 aromatic rings. The number of aromatic nitrogens is 2. The van der Waals surface area contributed by atoms with Gasteiger partial charge in [0.2, 0.25) is 0 Å². The highest BCUT2D eigenvalue weighted by molar-refractivity contribution is 8.45. The van der Waals surface area contributed by atoms with E-state index in [1.54, 1.807) is 0 Å². The van der Waals surface area contributed by atoms with E-state index in [4.69, 9.17) is 45.8 Å². The van der Waals surface area contributed by atoms with Gasteiger partial charge in [-0.3, -0.25) is 0 Å². The van der Waals surface area contributed by atoms with Crippen molar-refractivity contribution in [3.05, 3.63) is 27.9 Å². The Morgan fingerprint density at radius 1 is 1.15 bits per heavy atom. The SMILES string of the molecule is N#Cc1nn(-c2c(Cl)cc(S(F)(F)(F)(F)F)cc2Cl)c(N)c1SC(F)(F)Cl. The van der Waals surface area contributed by atoms with E-state index in [2.05, 4.69) is 5.10 Å². The van der Waals surface area contributed by atoms with Gasteiger partial charge in [0, 0.05) is 0 Å². The van der Waals surface area contributed by atoms with Crippen LogP contribution in [-0.4, -0.2) is 14.5 Å². The molecule has 0 amide bonds. The van der Waals surface area contributed by atoms with Gasteiger partial charge in [-0.2, -0.15) is 19.1 Å². The summed E-state index contributed by atoms with van der Waals surface area (Å²) in [5.74, 6) is -0.666. The molecule has 2 N–H and O–H groups in total. The monoisotopic (exact) mass is 494 g/mol. The maximum absolute atomic E-state index is 13.0. The van der Waals surface area contributed by atoms with Crippen LogP contribution in [0.1, 0.15) is 5.69 Å². The van der Waals surface area contributed by atoms with Crippen LogP contribution in [0.4, 0.5) is 34.0 Å². The Kier molecular flexibility index (Phi) is 4.83. The summed E-state index contributed by atoms with van der Waals surface area (Å²) in [5.41, 5.74) is 4.30. The topological polar surface area (TPSA) is 67.6 Å². The van der Waals surface area contributed by atoms with Crippen LogP contribution in [0, 0.1) is 11.3 Å². The van der Waals surface area contributed by atoms with Crippen molar-refractivity contribution in [1.29, 1.82) is 5.26 Å². The lowest BCUT2D eigenvalue weighted by molar-refractivity contribution is 0.203. The van der Waals surface area contributed by atoms with Gasteiger partial charge in [-0.25, -0.2) is 4.68 Å². The predicted octanol–water partition coefficient (Wildman–Crippen LogP) is 7.17. The summed E-state index contributed by atoms with van der Waals surface area (Å²) >= 11 is 15.7. The molecule has 150 valence electrons. The maximum atomic E-state index is 13.0. The number of hydrogen-bond donors (Lipinski definition) is 1. The van der Waals surface area contributed by atoms with E-state index in [9.17, 15) is 28.2 Å². The van der Waals surface area contributed by atoms with E-state index in [1.165, 1.54) is 6.07 Å². The average Bonchev–Trinajstić information content (AvgIpc) is 2.71. The molecule has 4 nitrogen and oxygen atoms in total. The second-order valence-electron chi connectivity index (χ2n) is 4.84. The van der Waals surface area contributed by atoms with Crippen LogP contribution in [0.5, 0.6) is 0 Å². The Bertz CT molecular complexity index is 957. The third kappa shape index (κ3) is 4.80. The third-order valence-corrected chi connectivity index (χ3v) is 5.62. The number of nitrogens with zero attached hydrogens (tertiary/aromatic N) is 3. The number of thioether (sulfide) groups is 1. The molecule has 1 heterocycles. The molecule has 1 aromatic carbocycles. The summed E-state index contributed by atoms with van der Waals surface area (Å²) < 4.78 is 87.2. The van der Waals surface area contributed by atoms with Gasteiger partial charge in [-0.15, -0.1) is 0 Å². The van der Waals surface area contributed by atoms with Crippen molar-refractivity contribution >= 4 is 62.6 Å². The Morgan fingerprint density at radius 2 is 1.63 bits per heavy atom. The molecule has 2 rings (SSSR count). The highest BCUT2D eigenvalue weighted by Gasteiger charge is 2.65. The van der Waals surface area contributed by atoms with Gasteiger partial charge in [-0.05, 0) is 35.5 Å². The summed E-state index contributed by atoms with van der Waals surface area (Å²) in [6.45, 7) is 0. The minimum atomic E-state index is -10.1. The number of halogens is 10. The number of alkyl halides is 3. The first kappa shape index (κ1) is 22.1. The molecule has 0 spiro atoms. The van der Waals surface area contributed by atoms with Gasteiger partial charge in [0.05, 0.1) is 14.9 Å². The first-order chi connectivity index (χ1) is 11.8. The fourth-order valence-corrected chi connectivity index (χ4v) is 4.14. The normalized spacial score (nSPS) is 15.1. The lowest BCUT2D eigenvalue weighted by Gasteiger charge is -2.40. The second kappa shape index (κ2) is 5.90. The van der Waals surface area contributed by atoms with Crippen molar-refractivity contribution in [2.24, 2.45) is 0 Å². The molecule has 0 atom stereocenters. The van der Waals surface area contributed by atoms with Crippen LogP contribution >= 0.6 is 56.8 Å². The van der Waals surface area contributed by atoms with Gasteiger partial charge in [0.15, 0.2) is 5.69 Å². The molecule has 27 heavy (non-hydrogen) atoms. The summed E-state index contributed by atoms with van der Waals surface area (Å²) in [7, 11) is -10.1. The minimum absolute atomic E-state index is 0.111. The van der Waals surface area contributed by atoms with E-state index in [1.807, 2.05) is 0 Å². The van der Waals surface area contributed by atoms with E-state index >= 15 is 0 Å². The number of benzene rings is 1. The van der Waals surface area contributed by atoms with Gasteiger partial charge >= 0.3 is 14.9 Å². The quantitative estimate of drug-likeness (QED) is 0.277. The van der Waals surface area contributed by atoms with Crippen LogP contribution in [0.2, 0.25) is 10.0 Å². The van der Waals surface area contributed by atoms with E-state index in [0.717, 1.165) is 0 Å². The van der Waals surface area contributed by atoms with Crippen molar-refractivity contribution in [1.82, 2.24) is 9.78 Å². The van der Waals surface area contributed by atoms with Crippen molar-refractivity contribution in [2.75, 3.05) is 5.73 Å². The Morgan fingerprint density at radius 3 is 2.00 bits per heavy atom. The lowest BCUT2D eigenvalue weighted by Crippen LogP contribution is -2.09. The standard InChI is InChI=1S/C11H4Cl3F7N4S2/c12-5-1-4(27(17,18,19,20)21)2-6(13)8(5)25-10(23)9(7(3-22)24-25)26-11(14,15)16/h1-2H,23H2. The average molecular weight is 496 g/mol. The molecule has 0 bridgehead atoms. The van der Waals surface area contributed by atoms with E-state index < -0.39 is 52.0 Å².